The average Bonchev–Trinajstić information content (AvgIpc) is 2.79. The Morgan fingerprint density at radius 2 is 1.45 bits per heavy atom. The number of rotatable bonds is 16. The Kier molecular flexibility index (Phi) is 13.5. The lowest BCUT2D eigenvalue weighted by molar-refractivity contribution is -0.108. The van der Waals surface area contributed by atoms with Gasteiger partial charge in [0.2, 0.25) is 0 Å². The number of halogens is 2. The second kappa shape index (κ2) is 16.1. The standard InChI is InChI=1S/C27H38Cl2N2O2/c1-2-3-4-5-6-7-8-9-10-11-18-30-27(32)23-14-12-22(13-15-23)20-31(33)21-24-16-17-25(28)19-26(24)29/h12-17,19,33H,2-11,18,20-21H2,1H3,(H,30,32). The number of amides is 1. The SMILES string of the molecule is CCCCCCCCCCCCNC(=O)c1ccc(CN(O)Cc2ccc(Cl)cc2Cl)cc1. The molecule has 1 amide bonds. The van der Waals surface area contributed by atoms with E-state index in [0.29, 0.717) is 28.7 Å². The largest absolute Gasteiger partial charge is 0.352 e. The first-order valence-corrected chi connectivity index (χ1v) is 13.0. The van der Waals surface area contributed by atoms with E-state index in [9.17, 15) is 10.0 Å². The van der Waals surface area contributed by atoms with Crippen LogP contribution in [-0.4, -0.2) is 22.7 Å². The van der Waals surface area contributed by atoms with E-state index in [0.717, 1.165) is 24.0 Å². The van der Waals surface area contributed by atoms with Gasteiger partial charge in [-0.05, 0) is 41.8 Å². The van der Waals surface area contributed by atoms with Crippen LogP contribution in [0.4, 0.5) is 0 Å². The molecule has 0 atom stereocenters. The summed E-state index contributed by atoms with van der Waals surface area (Å²) in [5, 5.41) is 15.5. The quantitative estimate of drug-likeness (QED) is 0.184. The number of hydrogen-bond acceptors (Lipinski definition) is 3. The van der Waals surface area contributed by atoms with E-state index in [1.165, 1.54) is 56.4 Å². The van der Waals surface area contributed by atoms with Crippen LogP contribution in [0.15, 0.2) is 42.5 Å². The molecule has 33 heavy (non-hydrogen) atoms. The minimum Gasteiger partial charge on any atom is -0.352 e. The monoisotopic (exact) mass is 492 g/mol. The van der Waals surface area contributed by atoms with Gasteiger partial charge in [0, 0.05) is 28.7 Å². The maximum absolute atomic E-state index is 12.3. The lowest BCUT2D eigenvalue weighted by Gasteiger charge is -2.16. The van der Waals surface area contributed by atoms with Gasteiger partial charge in [0.25, 0.3) is 5.91 Å². The summed E-state index contributed by atoms with van der Waals surface area (Å²) < 4.78 is 0. The molecule has 2 aromatic carbocycles. The molecule has 0 bridgehead atoms. The van der Waals surface area contributed by atoms with Gasteiger partial charge < -0.3 is 10.5 Å². The molecule has 2 aromatic rings. The topological polar surface area (TPSA) is 52.6 Å². The summed E-state index contributed by atoms with van der Waals surface area (Å²) in [6.07, 6.45) is 12.8. The van der Waals surface area contributed by atoms with Crippen molar-refractivity contribution in [2.75, 3.05) is 6.54 Å². The van der Waals surface area contributed by atoms with E-state index in [4.69, 9.17) is 23.2 Å². The maximum atomic E-state index is 12.3. The predicted molar refractivity (Wildman–Crippen MR) is 138 cm³/mol. The van der Waals surface area contributed by atoms with E-state index in [-0.39, 0.29) is 12.5 Å². The molecule has 0 unspecified atom stereocenters. The lowest BCUT2D eigenvalue weighted by atomic mass is 10.1. The zero-order valence-electron chi connectivity index (χ0n) is 19.8. The van der Waals surface area contributed by atoms with Crippen molar-refractivity contribution in [3.8, 4) is 0 Å². The zero-order valence-corrected chi connectivity index (χ0v) is 21.3. The Bertz CT molecular complexity index is 827. The van der Waals surface area contributed by atoms with Crippen LogP contribution in [0.5, 0.6) is 0 Å². The number of hydroxylamine groups is 2. The van der Waals surface area contributed by atoms with Crippen LogP contribution in [0.25, 0.3) is 0 Å². The highest BCUT2D eigenvalue weighted by molar-refractivity contribution is 6.35. The van der Waals surface area contributed by atoms with E-state index < -0.39 is 0 Å². The summed E-state index contributed by atoms with van der Waals surface area (Å²) in [7, 11) is 0. The van der Waals surface area contributed by atoms with Crippen molar-refractivity contribution in [3.63, 3.8) is 0 Å². The predicted octanol–water partition coefficient (Wildman–Crippen LogP) is 8.04. The molecule has 0 aliphatic heterocycles. The van der Waals surface area contributed by atoms with Crippen LogP contribution in [0, 0.1) is 0 Å². The Morgan fingerprint density at radius 1 is 0.848 bits per heavy atom. The fraction of sp³-hybridized carbons (Fsp3) is 0.519. The van der Waals surface area contributed by atoms with Crippen LogP contribution in [-0.2, 0) is 13.1 Å². The second-order valence-corrected chi connectivity index (χ2v) is 9.54. The van der Waals surface area contributed by atoms with Gasteiger partial charge in [-0.3, -0.25) is 4.79 Å². The number of nitrogens with one attached hydrogen (secondary N) is 1. The Balaban J connectivity index is 1.61. The third kappa shape index (κ3) is 11.4. The minimum atomic E-state index is -0.0497. The van der Waals surface area contributed by atoms with E-state index in [1.54, 1.807) is 30.3 Å². The number of carbonyl (C=O) groups excluding carboxylic acids is 1. The molecule has 0 saturated heterocycles. The molecule has 0 aliphatic rings. The van der Waals surface area contributed by atoms with Crippen molar-refractivity contribution in [1.29, 1.82) is 0 Å². The minimum absolute atomic E-state index is 0.0497. The number of benzene rings is 2. The second-order valence-electron chi connectivity index (χ2n) is 8.69. The van der Waals surface area contributed by atoms with Gasteiger partial charge in [-0.15, -0.1) is 0 Å². The molecule has 0 spiro atoms. The van der Waals surface area contributed by atoms with Crippen molar-refractivity contribution < 1.29 is 10.0 Å². The number of unbranched alkanes of at least 4 members (excludes halogenated alkanes) is 9. The third-order valence-electron chi connectivity index (χ3n) is 5.77. The van der Waals surface area contributed by atoms with Crippen molar-refractivity contribution in [3.05, 3.63) is 69.2 Å². The van der Waals surface area contributed by atoms with Crippen LogP contribution in [0.3, 0.4) is 0 Å². The third-order valence-corrected chi connectivity index (χ3v) is 6.35. The molecule has 4 nitrogen and oxygen atoms in total. The fourth-order valence-electron chi connectivity index (χ4n) is 3.79. The van der Waals surface area contributed by atoms with Crippen molar-refractivity contribution in [1.82, 2.24) is 10.4 Å². The van der Waals surface area contributed by atoms with E-state index in [1.807, 2.05) is 12.1 Å². The molecule has 0 radical (unpaired) electrons. The highest BCUT2D eigenvalue weighted by Crippen LogP contribution is 2.22. The van der Waals surface area contributed by atoms with Gasteiger partial charge in [-0.1, -0.05) is 106 Å². The number of nitrogens with zero attached hydrogens (tertiary/aromatic N) is 1. The highest BCUT2D eigenvalue weighted by Gasteiger charge is 2.09. The first-order valence-electron chi connectivity index (χ1n) is 12.2. The summed E-state index contributed by atoms with van der Waals surface area (Å²) in [5.74, 6) is -0.0497. The summed E-state index contributed by atoms with van der Waals surface area (Å²) in [4.78, 5) is 12.3. The first-order chi connectivity index (χ1) is 16.0. The molecule has 6 heteroatoms. The van der Waals surface area contributed by atoms with Crippen molar-refractivity contribution >= 4 is 29.1 Å². The van der Waals surface area contributed by atoms with Crippen molar-refractivity contribution in [2.24, 2.45) is 0 Å². The van der Waals surface area contributed by atoms with Gasteiger partial charge in [0.05, 0.1) is 6.54 Å². The van der Waals surface area contributed by atoms with Gasteiger partial charge >= 0.3 is 0 Å². The molecule has 2 rings (SSSR count). The maximum Gasteiger partial charge on any atom is 0.251 e. The molecule has 0 aliphatic carbocycles. The summed E-state index contributed by atoms with van der Waals surface area (Å²) >= 11 is 12.1. The first kappa shape index (κ1) is 27.7. The molecule has 0 fully saturated rings. The summed E-state index contributed by atoms with van der Waals surface area (Å²) in [6.45, 7) is 3.58. The summed E-state index contributed by atoms with van der Waals surface area (Å²) in [6, 6.07) is 12.5. The highest BCUT2D eigenvalue weighted by atomic mass is 35.5. The van der Waals surface area contributed by atoms with Gasteiger partial charge in [-0.25, -0.2) is 0 Å². The van der Waals surface area contributed by atoms with Crippen LogP contribution >= 0.6 is 23.2 Å². The molecule has 2 N–H and O–H groups in total. The molecular formula is C27H38Cl2N2O2. The van der Waals surface area contributed by atoms with E-state index >= 15 is 0 Å². The molecular weight excluding hydrogens is 455 g/mol. The Labute approximate surface area is 209 Å². The fourth-order valence-corrected chi connectivity index (χ4v) is 4.26. The average molecular weight is 494 g/mol. The van der Waals surface area contributed by atoms with Gasteiger partial charge in [0.1, 0.15) is 0 Å². The van der Waals surface area contributed by atoms with Crippen LogP contribution in [0.2, 0.25) is 10.0 Å². The number of hydrogen-bond donors (Lipinski definition) is 2. The van der Waals surface area contributed by atoms with Crippen LogP contribution in [0.1, 0.15) is 92.6 Å². The Morgan fingerprint density at radius 3 is 2.06 bits per heavy atom. The molecule has 0 heterocycles. The zero-order chi connectivity index (χ0) is 23.9. The number of carbonyl (C=O) groups is 1. The lowest BCUT2D eigenvalue weighted by Crippen LogP contribution is -2.24. The normalized spacial score (nSPS) is 11.2. The smallest absolute Gasteiger partial charge is 0.251 e. The molecule has 0 saturated carbocycles. The van der Waals surface area contributed by atoms with Crippen molar-refractivity contribution in [2.45, 2.75) is 84.2 Å². The molecule has 182 valence electrons. The van der Waals surface area contributed by atoms with Gasteiger partial charge in [-0.2, -0.15) is 5.06 Å². The van der Waals surface area contributed by atoms with Crippen LogP contribution < -0.4 is 5.32 Å². The van der Waals surface area contributed by atoms with E-state index in [2.05, 4.69) is 12.2 Å². The molecule has 0 aromatic heterocycles. The summed E-state index contributed by atoms with van der Waals surface area (Å²) in [5.41, 5.74) is 2.34. The van der Waals surface area contributed by atoms with Gasteiger partial charge in [0.15, 0.2) is 0 Å². The Hall–Kier alpha value is -1.59.